The average molecular weight is 475 g/mol. The Kier molecular flexibility index (Phi) is 6.20. The first-order chi connectivity index (χ1) is 17.4. The van der Waals surface area contributed by atoms with E-state index in [-0.39, 0.29) is 11.9 Å². The number of fused-ring (bicyclic) bond motifs is 2. The highest BCUT2D eigenvalue weighted by molar-refractivity contribution is 6.03. The number of aryl methyl sites for hydroxylation is 5. The minimum absolute atomic E-state index is 0.0516. The molecule has 5 rings (SSSR count). The summed E-state index contributed by atoms with van der Waals surface area (Å²) >= 11 is 0. The highest BCUT2D eigenvalue weighted by atomic mass is 16.1. The quantitative estimate of drug-likeness (QED) is 0.334. The van der Waals surface area contributed by atoms with E-state index in [1.807, 2.05) is 52.0 Å². The third kappa shape index (κ3) is 4.20. The van der Waals surface area contributed by atoms with Gasteiger partial charge in [-0.3, -0.25) is 4.79 Å². The molecule has 5 heteroatoms. The molecule has 1 amide bonds. The Hall–Kier alpha value is -4.17. The highest BCUT2D eigenvalue weighted by Gasteiger charge is 2.28. The molecule has 0 spiro atoms. The molecule has 1 atom stereocenters. The molecule has 0 saturated heterocycles. The number of benzene rings is 2. The van der Waals surface area contributed by atoms with Crippen molar-refractivity contribution in [2.24, 2.45) is 0 Å². The molecule has 0 aliphatic heterocycles. The van der Waals surface area contributed by atoms with Gasteiger partial charge in [0.25, 0.3) is 0 Å². The number of nitriles is 1. The standard InChI is InChI=1S/C31H30N4O/c1-19-12-13-24(17-20(19)2)34-29(36)15-14-28-26(18-32)30-21(3)16-22(4)33-31(30)35(28)27-11-7-9-23-8-5-6-10-25(23)27/h5-6,8,10,12-17,27H,7,9,11H2,1-4H3,(H,34,36)/b15-14+/t27-/m0/s1. The Morgan fingerprint density at radius 1 is 1.08 bits per heavy atom. The monoisotopic (exact) mass is 474 g/mol. The molecule has 1 aliphatic carbocycles. The maximum Gasteiger partial charge on any atom is 0.248 e. The number of hydrogen-bond acceptors (Lipinski definition) is 3. The number of pyridine rings is 1. The van der Waals surface area contributed by atoms with Crippen LogP contribution in [0.3, 0.4) is 0 Å². The maximum absolute atomic E-state index is 12.9. The van der Waals surface area contributed by atoms with Gasteiger partial charge in [0.15, 0.2) is 0 Å². The van der Waals surface area contributed by atoms with E-state index in [1.54, 1.807) is 6.08 Å². The van der Waals surface area contributed by atoms with E-state index in [4.69, 9.17) is 4.98 Å². The second kappa shape index (κ2) is 9.47. The Bertz CT molecular complexity index is 1570. The van der Waals surface area contributed by atoms with Crippen LogP contribution in [0.1, 0.15) is 63.7 Å². The molecule has 2 heterocycles. The second-order valence-corrected chi connectivity index (χ2v) is 9.75. The van der Waals surface area contributed by atoms with Crippen molar-refractivity contribution in [1.29, 1.82) is 5.26 Å². The van der Waals surface area contributed by atoms with Crippen molar-refractivity contribution in [3.8, 4) is 6.07 Å². The first kappa shape index (κ1) is 23.6. The van der Waals surface area contributed by atoms with E-state index in [2.05, 4.69) is 40.2 Å². The Labute approximate surface area is 212 Å². The van der Waals surface area contributed by atoms with Crippen molar-refractivity contribution in [2.45, 2.75) is 53.0 Å². The highest BCUT2D eigenvalue weighted by Crippen LogP contribution is 2.39. The molecule has 0 fully saturated rings. The zero-order valence-corrected chi connectivity index (χ0v) is 21.2. The summed E-state index contributed by atoms with van der Waals surface area (Å²) in [6.45, 7) is 8.08. The van der Waals surface area contributed by atoms with Crippen LogP contribution in [0, 0.1) is 39.0 Å². The lowest BCUT2D eigenvalue weighted by atomic mass is 9.87. The van der Waals surface area contributed by atoms with Gasteiger partial charge >= 0.3 is 0 Å². The summed E-state index contributed by atoms with van der Waals surface area (Å²) in [5, 5.41) is 14.1. The van der Waals surface area contributed by atoms with Gasteiger partial charge in [0.05, 0.1) is 17.3 Å². The van der Waals surface area contributed by atoms with Gasteiger partial charge in [-0.1, -0.05) is 30.3 Å². The number of nitrogens with zero attached hydrogens (tertiary/aromatic N) is 3. The molecule has 0 radical (unpaired) electrons. The summed E-state index contributed by atoms with van der Waals surface area (Å²) in [4.78, 5) is 17.8. The predicted octanol–water partition coefficient (Wildman–Crippen LogP) is 6.72. The zero-order chi connectivity index (χ0) is 25.4. The predicted molar refractivity (Wildman–Crippen MR) is 145 cm³/mol. The molecule has 180 valence electrons. The molecule has 1 aliphatic rings. The number of amides is 1. The zero-order valence-electron chi connectivity index (χ0n) is 21.2. The maximum atomic E-state index is 12.9. The number of aromatic nitrogens is 2. The number of hydrogen-bond donors (Lipinski definition) is 1. The molecule has 0 saturated carbocycles. The van der Waals surface area contributed by atoms with Gasteiger partial charge in [-0.05, 0) is 99.0 Å². The SMILES string of the molecule is Cc1cc(C)c2c(C#N)c(/C=C/C(=O)Nc3ccc(C)c(C)c3)n([C@H]3CCCc4ccccc43)c2n1. The van der Waals surface area contributed by atoms with Crippen molar-refractivity contribution in [3.05, 3.63) is 99.4 Å². The van der Waals surface area contributed by atoms with Crippen LogP contribution in [0.5, 0.6) is 0 Å². The van der Waals surface area contributed by atoms with Crippen molar-refractivity contribution < 1.29 is 4.79 Å². The van der Waals surface area contributed by atoms with Gasteiger partial charge in [-0.25, -0.2) is 4.98 Å². The topological polar surface area (TPSA) is 70.7 Å². The molecule has 1 N–H and O–H groups in total. The van der Waals surface area contributed by atoms with E-state index >= 15 is 0 Å². The van der Waals surface area contributed by atoms with Crippen LogP contribution < -0.4 is 5.32 Å². The van der Waals surface area contributed by atoms with E-state index in [9.17, 15) is 10.1 Å². The molecule has 4 aromatic rings. The smallest absolute Gasteiger partial charge is 0.248 e. The van der Waals surface area contributed by atoms with Gasteiger partial charge in [0, 0.05) is 22.8 Å². The third-order valence-corrected chi connectivity index (χ3v) is 7.25. The Morgan fingerprint density at radius 2 is 1.89 bits per heavy atom. The fourth-order valence-electron chi connectivity index (χ4n) is 5.41. The van der Waals surface area contributed by atoms with Gasteiger partial charge in [-0.2, -0.15) is 5.26 Å². The van der Waals surface area contributed by atoms with Crippen LogP contribution in [0.4, 0.5) is 5.69 Å². The molecular formula is C31H30N4O. The number of anilines is 1. The normalized spacial score (nSPS) is 15.1. The van der Waals surface area contributed by atoms with Crippen LogP contribution in [-0.4, -0.2) is 15.5 Å². The molecule has 36 heavy (non-hydrogen) atoms. The largest absolute Gasteiger partial charge is 0.323 e. The van der Waals surface area contributed by atoms with Crippen molar-refractivity contribution >= 4 is 28.7 Å². The second-order valence-electron chi connectivity index (χ2n) is 9.75. The molecule has 2 aromatic heterocycles. The van der Waals surface area contributed by atoms with Crippen LogP contribution >= 0.6 is 0 Å². The van der Waals surface area contributed by atoms with Gasteiger partial charge in [0.1, 0.15) is 11.7 Å². The van der Waals surface area contributed by atoms with Crippen molar-refractivity contribution in [1.82, 2.24) is 9.55 Å². The summed E-state index contributed by atoms with van der Waals surface area (Å²) in [6.07, 6.45) is 6.37. The van der Waals surface area contributed by atoms with E-state index in [0.29, 0.717) is 5.56 Å². The molecular weight excluding hydrogens is 444 g/mol. The lowest BCUT2D eigenvalue weighted by molar-refractivity contribution is -0.111. The van der Waals surface area contributed by atoms with Gasteiger partial charge in [-0.15, -0.1) is 0 Å². The van der Waals surface area contributed by atoms with E-state index in [1.165, 1.54) is 22.8 Å². The molecule has 2 aromatic carbocycles. The van der Waals surface area contributed by atoms with Crippen LogP contribution in [0.25, 0.3) is 17.1 Å². The Balaban J connectivity index is 1.64. The summed E-state index contributed by atoms with van der Waals surface area (Å²) in [5.74, 6) is -0.233. The summed E-state index contributed by atoms with van der Waals surface area (Å²) < 4.78 is 2.19. The third-order valence-electron chi connectivity index (χ3n) is 7.25. The fraction of sp³-hybridized carbons (Fsp3) is 0.258. The van der Waals surface area contributed by atoms with Crippen LogP contribution in [0.15, 0.2) is 54.6 Å². The van der Waals surface area contributed by atoms with Crippen molar-refractivity contribution in [2.75, 3.05) is 5.32 Å². The number of nitrogens with one attached hydrogen (secondary N) is 1. The van der Waals surface area contributed by atoms with Crippen LogP contribution in [0.2, 0.25) is 0 Å². The summed E-state index contributed by atoms with van der Waals surface area (Å²) in [7, 11) is 0. The minimum atomic E-state index is -0.233. The van der Waals surface area contributed by atoms with Gasteiger partial charge in [0.2, 0.25) is 5.91 Å². The van der Waals surface area contributed by atoms with Crippen molar-refractivity contribution in [3.63, 3.8) is 0 Å². The summed E-state index contributed by atoms with van der Waals surface area (Å²) in [5.41, 5.74) is 9.68. The lowest BCUT2D eigenvalue weighted by Gasteiger charge is -2.28. The first-order valence-electron chi connectivity index (χ1n) is 12.4. The molecule has 0 bridgehead atoms. The number of rotatable bonds is 4. The van der Waals surface area contributed by atoms with E-state index in [0.717, 1.165) is 58.5 Å². The molecule has 5 nitrogen and oxygen atoms in total. The summed E-state index contributed by atoms with van der Waals surface area (Å²) in [6, 6.07) is 18.9. The van der Waals surface area contributed by atoms with Gasteiger partial charge < -0.3 is 9.88 Å². The van der Waals surface area contributed by atoms with Crippen LogP contribution in [-0.2, 0) is 11.2 Å². The minimum Gasteiger partial charge on any atom is -0.323 e. The first-order valence-corrected chi connectivity index (χ1v) is 12.4. The lowest BCUT2D eigenvalue weighted by Crippen LogP contribution is -2.19. The number of carbonyl (C=O) groups is 1. The molecule has 0 unspecified atom stereocenters. The number of carbonyl (C=O) groups excluding carboxylic acids is 1. The fourth-order valence-corrected chi connectivity index (χ4v) is 5.41. The Morgan fingerprint density at radius 3 is 2.67 bits per heavy atom. The average Bonchev–Trinajstić information content (AvgIpc) is 3.17. The van der Waals surface area contributed by atoms with E-state index < -0.39 is 0 Å².